The van der Waals surface area contributed by atoms with Crippen molar-refractivity contribution in [1.82, 2.24) is 5.32 Å². The van der Waals surface area contributed by atoms with Crippen LogP contribution in [0.3, 0.4) is 0 Å². The van der Waals surface area contributed by atoms with Gasteiger partial charge in [-0.1, -0.05) is 19.9 Å². The van der Waals surface area contributed by atoms with E-state index in [9.17, 15) is 4.79 Å². The first kappa shape index (κ1) is 17.3. The summed E-state index contributed by atoms with van der Waals surface area (Å²) >= 11 is 0. The molecule has 0 aliphatic rings. The fourth-order valence-corrected chi connectivity index (χ4v) is 1.84. The lowest BCUT2D eigenvalue weighted by atomic mass is 10.1. The summed E-state index contributed by atoms with van der Waals surface area (Å²) in [5.74, 6) is 1.70. The summed E-state index contributed by atoms with van der Waals surface area (Å²) in [7, 11) is 1.59. The lowest BCUT2D eigenvalue weighted by Gasteiger charge is -2.15. The van der Waals surface area contributed by atoms with E-state index in [1.165, 1.54) is 0 Å². The molecule has 21 heavy (non-hydrogen) atoms. The number of benzene rings is 1. The van der Waals surface area contributed by atoms with Gasteiger partial charge in [0.05, 0.1) is 7.11 Å². The van der Waals surface area contributed by atoms with Crippen LogP contribution in [0.4, 0.5) is 0 Å². The van der Waals surface area contributed by atoms with Gasteiger partial charge in [-0.3, -0.25) is 4.79 Å². The summed E-state index contributed by atoms with van der Waals surface area (Å²) in [6, 6.07) is 5.26. The van der Waals surface area contributed by atoms with E-state index < -0.39 is 0 Å². The highest BCUT2D eigenvalue weighted by Gasteiger charge is 2.11. The zero-order valence-corrected chi connectivity index (χ0v) is 13.3. The average Bonchev–Trinajstić information content (AvgIpc) is 2.44. The molecule has 0 aliphatic heterocycles. The molecule has 0 bridgehead atoms. The van der Waals surface area contributed by atoms with Crippen molar-refractivity contribution in [3.05, 3.63) is 23.8 Å². The van der Waals surface area contributed by atoms with Crippen LogP contribution in [-0.4, -0.2) is 26.2 Å². The van der Waals surface area contributed by atoms with Crippen molar-refractivity contribution in [2.24, 2.45) is 11.7 Å². The number of amides is 1. The molecule has 118 valence electrons. The minimum Gasteiger partial charge on any atom is -0.497 e. The molecule has 1 atom stereocenters. The average molecular weight is 294 g/mol. The molecule has 0 saturated heterocycles. The smallest absolute Gasteiger partial charge is 0.257 e. The third-order valence-electron chi connectivity index (χ3n) is 3.11. The first-order chi connectivity index (χ1) is 9.93. The minimum atomic E-state index is -0.171. The SMILES string of the molecule is COc1ccc([C@@H](C)N)c(OCC(=O)NCCC(C)C)c1. The van der Waals surface area contributed by atoms with Gasteiger partial charge in [0, 0.05) is 24.2 Å². The molecule has 5 nitrogen and oxygen atoms in total. The number of rotatable bonds is 8. The molecule has 0 aromatic heterocycles. The Kier molecular flexibility index (Phi) is 7.02. The van der Waals surface area contributed by atoms with Crippen LogP contribution in [0.2, 0.25) is 0 Å². The van der Waals surface area contributed by atoms with E-state index in [4.69, 9.17) is 15.2 Å². The van der Waals surface area contributed by atoms with Gasteiger partial charge in [-0.15, -0.1) is 0 Å². The Hall–Kier alpha value is -1.75. The lowest BCUT2D eigenvalue weighted by Crippen LogP contribution is -2.30. The van der Waals surface area contributed by atoms with Gasteiger partial charge < -0.3 is 20.5 Å². The second-order valence-corrected chi connectivity index (χ2v) is 5.51. The Morgan fingerprint density at radius 2 is 2.05 bits per heavy atom. The summed E-state index contributed by atoms with van der Waals surface area (Å²) < 4.78 is 10.8. The number of carbonyl (C=O) groups excluding carboxylic acids is 1. The van der Waals surface area contributed by atoms with Crippen LogP contribution in [0.5, 0.6) is 11.5 Å². The molecule has 1 aromatic carbocycles. The van der Waals surface area contributed by atoms with Gasteiger partial charge in [-0.05, 0) is 25.3 Å². The Bertz CT molecular complexity index is 459. The standard InChI is InChI=1S/C16H26N2O3/c1-11(2)7-8-18-16(19)10-21-15-9-13(20-4)5-6-14(15)12(3)17/h5-6,9,11-12H,7-8,10,17H2,1-4H3,(H,18,19)/t12-/m1/s1. The molecular weight excluding hydrogens is 268 g/mol. The Balaban J connectivity index is 2.59. The van der Waals surface area contributed by atoms with Crippen LogP contribution in [0, 0.1) is 5.92 Å². The molecular formula is C16H26N2O3. The molecule has 0 heterocycles. The maximum absolute atomic E-state index is 11.7. The molecule has 0 fully saturated rings. The third-order valence-corrected chi connectivity index (χ3v) is 3.11. The highest BCUT2D eigenvalue weighted by molar-refractivity contribution is 5.77. The predicted molar refractivity (Wildman–Crippen MR) is 83.6 cm³/mol. The number of hydrogen-bond donors (Lipinski definition) is 2. The number of nitrogens with one attached hydrogen (secondary N) is 1. The summed E-state index contributed by atoms with van der Waals surface area (Å²) in [6.45, 7) is 6.75. The molecule has 1 amide bonds. The highest BCUT2D eigenvalue weighted by atomic mass is 16.5. The van der Waals surface area contributed by atoms with Crippen LogP contribution in [0.25, 0.3) is 0 Å². The third kappa shape index (κ3) is 6.04. The fraction of sp³-hybridized carbons (Fsp3) is 0.562. The van der Waals surface area contributed by atoms with Crippen LogP contribution in [0.15, 0.2) is 18.2 Å². The van der Waals surface area contributed by atoms with Gasteiger partial charge in [-0.2, -0.15) is 0 Å². The lowest BCUT2D eigenvalue weighted by molar-refractivity contribution is -0.123. The largest absolute Gasteiger partial charge is 0.497 e. The van der Waals surface area contributed by atoms with E-state index >= 15 is 0 Å². The van der Waals surface area contributed by atoms with Gasteiger partial charge in [0.1, 0.15) is 11.5 Å². The zero-order chi connectivity index (χ0) is 15.8. The van der Waals surface area contributed by atoms with Crippen molar-refractivity contribution < 1.29 is 14.3 Å². The normalized spacial score (nSPS) is 12.1. The van der Waals surface area contributed by atoms with Gasteiger partial charge in [0.15, 0.2) is 6.61 Å². The molecule has 1 rings (SSSR count). The molecule has 1 aromatic rings. The van der Waals surface area contributed by atoms with Crippen molar-refractivity contribution in [3.63, 3.8) is 0 Å². The van der Waals surface area contributed by atoms with Gasteiger partial charge >= 0.3 is 0 Å². The van der Waals surface area contributed by atoms with E-state index in [2.05, 4.69) is 19.2 Å². The van der Waals surface area contributed by atoms with Crippen molar-refractivity contribution in [3.8, 4) is 11.5 Å². The monoisotopic (exact) mass is 294 g/mol. The highest BCUT2D eigenvalue weighted by Crippen LogP contribution is 2.28. The molecule has 5 heteroatoms. The van der Waals surface area contributed by atoms with E-state index in [1.807, 2.05) is 19.1 Å². The Labute approximate surface area is 126 Å². The van der Waals surface area contributed by atoms with Crippen LogP contribution < -0.4 is 20.5 Å². The van der Waals surface area contributed by atoms with Crippen molar-refractivity contribution in [2.75, 3.05) is 20.3 Å². The van der Waals surface area contributed by atoms with Crippen LogP contribution >= 0.6 is 0 Å². The zero-order valence-electron chi connectivity index (χ0n) is 13.3. The van der Waals surface area contributed by atoms with Gasteiger partial charge in [-0.25, -0.2) is 0 Å². The molecule has 0 radical (unpaired) electrons. The molecule has 0 saturated carbocycles. The maximum atomic E-state index is 11.7. The molecule has 0 unspecified atom stereocenters. The number of methoxy groups -OCH3 is 1. The van der Waals surface area contributed by atoms with Crippen molar-refractivity contribution in [1.29, 1.82) is 0 Å². The van der Waals surface area contributed by atoms with E-state index in [1.54, 1.807) is 13.2 Å². The second-order valence-electron chi connectivity index (χ2n) is 5.51. The number of nitrogens with two attached hydrogens (primary N) is 1. The minimum absolute atomic E-state index is 0.0228. The fourth-order valence-electron chi connectivity index (χ4n) is 1.84. The number of hydrogen-bond acceptors (Lipinski definition) is 4. The predicted octanol–water partition coefficient (Wildman–Crippen LogP) is 2.26. The first-order valence-corrected chi connectivity index (χ1v) is 7.27. The van der Waals surface area contributed by atoms with E-state index in [0.29, 0.717) is 24.0 Å². The van der Waals surface area contributed by atoms with Crippen molar-refractivity contribution in [2.45, 2.75) is 33.2 Å². The summed E-state index contributed by atoms with van der Waals surface area (Å²) in [4.78, 5) is 11.7. The second kappa shape index (κ2) is 8.52. The van der Waals surface area contributed by atoms with Gasteiger partial charge in [0.25, 0.3) is 5.91 Å². The van der Waals surface area contributed by atoms with E-state index in [-0.39, 0.29) is 18.6 Å². The molecule has 3 N–H and O–H groups in total. The van der Waals surface area contributed by atoms with Crippen molar-refractivity contribution >= 4 is 5.91 Å². The Morgan fingerprint density at radius 1 is 1.33 bits per heavy atom. The number of carbonyl (C=O) groups is 1. The summed E-state index contributed by atoms with van der Waals surface area (Å²) in [5.41, 5.74) is 6.76. The van der Waals surface area contributed by atoms with Crippen LogP contribution in [0.1, 0.15) is 38.8 Å². The molecule has 0 aliphatic carbocycles. The quantitative estimate of drug-likeness (QED) is 0.771. The first-order valence-electron chi connectivity index (χ1n) is 7.27. The van der Waals surface area contributed by atoms with Crippen LogP contribution in [-0.2, 0) is 4.79 Å². The molecule has 0 spiro atoms. The number of ether oxygens (including phenoxy) is 2. The summed E-state index contributed by atoms with van der Waals surface area (Å²) in [5, 5.41) is 2.84. The maximum Gasteiger partial charge on any atom is 0.257 e. The Morgan fingerprint density at radius 3 is 2.62 bits per heavy atom. The van der Waals surface area contributed by atoms with Gasteiger partial charge in [0.2, 0.25) is 0 Å². The topological polar surface area (TPSA) is 73.6 Å². The van der Waals surface area contributed by atoms with E-state index in [0.717, 1.165) is 12.0 Å². The summed E-state index contributed by atoms with van der Waals surface area (Å²) in [6.07, 6.45) is 0.954.